The maximum atomic E-state index is 12.7. The number of hydrogen-bond donors (Lipinski definition) is 0. The summed E-state index contributed by atoms with van der Waals surface area (Å²) in [5.74, 6) is -1.14. The number of aromatic nitrogens is 1. The number of nitrogens with zero attached hydrogens (tertiary/aromatic N) is 1. The standard InChI is InChI=1S/C8H5ClF3NO/c1-3-4(8(11)12)2-5(10)13-6(3)7(9)14/h2,8H,1H3. The van der Waals surface area contributed by atoms with Crippen LogP contribution in [0.4, 0.5) is 13.2 Å². The van der Waals surface area contributed by atoms with Crippen molar-refractivity contribution in [2.24, 2.45) is 0 Å². The second-order valence-corrected chi connectivity index (χ2v) is 2.93. The van der Waals surface area contributed by atoms with Crippen molar-refractivity contribution in [1.82, 2.24) is 4.98 Å². The van der Waals surface area contributed by atoms with Crippen LogP contribution in [0.2, 0.25) is 0 Å². The van der Waals surface area contributed by atoms with E-state index in [1.54, 1.807) is 0 Å². The monoisotopic (exact) mass is 223 g/mol. The third-order valence-electron chi connectivity index (χ3n) is 1.70. The van der Waals surface area contributed by atoms with E-state index in [1.807, 2.05) is 0 Å². The molecular weight excluding hydrogens is 219 g/mol. The van der Waals surface area contributed by atoms with Crippen LogP contribution in [0.25, 0.3) is 0 Å². The molecule has 0 N–H and O–H groups in total. The van der Waals surface area contributed by atoms with Crippen LogP contribution in [0.15, 0.2) is 6.07 Å². The number of rotatable bonds is 2. The van der Waals surface area contributed by atoms with E-state index in [-0.39, 0.29) is 5.56 Å². The molecule has 1 aromatic heterocycles. The lowest BCUT2D eigenvalue weighted by Crippen LogP contribution is -2.05. The molecule has 0 aliphatic heterocycles. The fourth-order valence-corrected chi connectivity index (χ4v) is 1.20. The highest BCUT2D eigenvalue weighted by atomic mass is 35.5. The number of pyridine rings is 1. The molecule has 0 aliphatic rings. The van der Waals surface area contributed by atoms with E-state index in [1.165, 1.54) is 6.92 Å². The van der Waals surface area contributed by atoms with Gasteiger partial charge in [-0.15, -0.1) is 0 Å². The lowest BCUT2D eigenvalue weighted by Gasteiger charge is -2.06. The van der Waals surface area contributed by atoms with Crippen molar-refractivity contribution in [2.75, 3.05) is 0 Å². The highest BCUT2D eigenvalue weighted by Crippen LogP contribution is 2.25. The van der Waals surface area contributed by atoms with Crippen LogP contribution in [0.1, 0.15) is 28.0 Å². The van der Waals surface area contributed by atoms with Gasteiger partial charge in [-0.25, -0.2) is 13.8 Å². The Morgan fingerprint density at radius 3 is 2.57 bits per heavy atom. The zero-order valence-corrected chi connectivity index (χ0v) is 7.78. The van der Waals surface area contributed by atoms with Gasteiger partial charge >= 0.3 is 0 Å². The molecule has 1 rings (SSSR count). The van der Waals surface area contributed by atoms with Crippen LogP contribution >= 0.6 is 11.6 Å². The molecule has 0 spiro atoms. The fraction of sp³-hybridized carbons (Fsp3) is 0.250. The highest BCUT2D eigenvalue weighted by molar-refractivity contribution is 6.67. The summed E-state index contributed by atoms with van der Waals surface area (Å²) in [6.45, 7) is 1.24. The molecule has 0 atom stereocenters. The number of halogens is 4. The Kier molecular flexibility index (Phi) is 3.10. The zero-order valence-electron chi connectivity index (χ0n) is 7.02. The molecule has 0 saturated heterocycles. The quantitative estimate of drug-likeness (QED) is 0.570. The SMILES string of the molecule is Cc1c(C(F)F)cc(F)nc1C(=O)Cl. The first-order valence-corrected chi connectivity index (χ1v) is 3.96. The van der Waals surface area contributed by atoms with Gasteiger partial charge in [0.25, 0.3) is 11.7 Å². The molecule has 0 saturated carbocycles. The number of alkyl halides is 2. The Hall–Kier alpha value is -1.10. The van der Waals surface area contributed by atoms with Gasteiger partial charge in [0, 0.05) is 11.6 Å². The molecule has 14 heavy (non-hydrogen) atoms. The van der Waals surface area contributed by atoms with Crippen LogP contribution in [-0.2, 0) is 0 Å². The lowest BCUT2D eigenvalue weighted by atomic mass is 10.1. The maximum Gasteiger partial charge on any atom is 0.271 e. The average molecular weight is 224 g/mol. The summed E-state index contributed by atoms with van der Waals surface area (Å²) in [5, 5.41) is -1.05. The minimum absolute atomic E-state index is 0.0959. The largest absolute Gasteiger partial charge is 0.274 e. The van der Waals surface area contributed by atoms with E-state index < -0.39 is 28.9 Å². The van der Waals surface area contributed by atoms with Gasteiger partial charge in [-0.2, -0.15) is 4.39 Å². The topological polar surface area (TPSA) is 30.0 Å². The molecule has 1 aromatic rings. The second kappa shape index (κ2) is 3.96. The van der Waals surface area contributed by atoms with Gasteiger partial charge in [0.1, 0.15) is 5.69 Å². The van der Waals surface area contributed by atoms with E-state index >= 15 is 0 Å². The molecule has 0 radical (unpaired) electrons. The van der Waals surface area contributed by atoms with Crippen molar-refractivity contribution >= 4 is 16.8 Å². The van der Waals surface area contributed by atoms with Gasteiger partial charge < -0.3 is 0 Å². The summed E-state index contributed by atoms with van der Waals surface area (Å²) >= 11 is 5.04. The minimum Gasteiger partial charge on any atom is -0.274 e. The Morgan fingerprint density at radius 2 is 2.14 bits per heavy atom. The van der Waals surface area contributed by atoms with Gasteiger partial charge in [0.15, 0.2) is 0 Å². The number of hydrogen-bond acceptors (Lipinski definition) is 2. The Bertz CT molecular complexity index is 381. The lowest BCUT2D eigenvalue weighted by molar-refractivity contribution is 0.107. The molecule has 0 fully saturated rings. The Morgan fingerprint density at radius 1 is 1.57 bits per heavy atom. The first-order valence-electron chi connectivity index (χ1n) is 3.58. The first-order chi connectivity index (χ1) is 6.43. The molecule has 0 bridgehead atoms. The molecular formula is C8H5ClF3NO. The first kappa shape index (κ1) is 11.0. The van der Waals surface area contributed by atoms with Crippen molar-refractivity contribution < 1.29 is 18.0 Å². The van der Waals surface area contributed by atoms with Crippen LogP contribution < -0.4 is 0 Å². The Balaban J connectivity index is 3.40. The van der Waals surface area contributed by atoms with Gasteiger partial charge in [-0.3, -0.25) is 4.79 Å². The van der Waals surface area contributed by atoms with Crippen LogP contribution in [-0.4, -0.2) is 10.2 Å². The molecule has 6 heteroatoms. The maximum absolute atomic E-state index is 12.7. The van der Waals surface area contributed by atoms with Crippen molar-refractivity contribution in [1.29, 1.82) is 0 Å². The summed E-state index contributed by atoms with van der Waals surface area (Å²) in [7, 11) is 0. The Labute approximate surface area is 82.7 Å². The molecule has 76 valence electrons. The summed E-state index contributed by atoms with van der Waals surface area (Å²) in [5.41, 5.74) is -1.13. The van der Waals surface area contributed by atoms with Crippen LogP contribution in [0, 0.1) is 12.9 Å². The summed E-state index contributed by atoms with van der Waals surface area (Å²) in [6, 6.07) is 0.587. The molecule has 0 aromatic carbocycles. The van der Waals surface area contributed by atoms with Crippen molar-refractivity contribution in [3.8, 4) is 0 Å². The molecule has 2 nitrogen and oxygen atoms in total. The average Bonchev–Trinajstić information content (AvgIpc) is 2.07. The van der Waals surface area contributed by atoms with Gasteiger partial charge in [0.2, 0.25) is 5.95 Å². The van der Waals surface area contributed by atoms with Crippen LogP contribution in [0.5, 0.6) is 0 Å². The van der Waals surface area contributed by atoms with Crippen molar-refractivity contribution in [3.63, 3.8) is 0 Å². The van der Waals surface area contributed by atoms with E-state index in [4.69, 9.17) is 11.6 Å². The van der Waals surface area contributed by atoms with Crippen LogP contribution in [0.3, 0.4) is 0 Å². The van der Waals surface area contributed by atoms with Gasteiger partial charge in [-0.05, 0) is 24.1 Å². The summed E-state index contributed by atoms with van der Waals surface area (Å²) in [6.07, 6.45) is -2.86. The van der Waals surface area contributed by atoms with E-state index in [0.717, 1.165) is 0 Å². The van der Waals surface area contributed by atoms with E-state index in [0.29, 0.717) is 6.07 Å². The van der Waals surface area contributed by atoms with Crippen molar-refractivity contribution in [3.05, 3.63) is 28.8 Å². The van der Waals surface area contributed by atoms with E-state index in [9.17, 15) is 18.0 Å². The van der Waals surface area contributed by atoms with Crippen molar-refractivity contribution in [2.45, 2.75) is 13.3 Å². The summed E-state index contributed by atoms with van der Waals surface area (Å²) < 4.78 is 37.3. The number of carbonyl (C=O) groups excluding carboxylic acids is 1. The molecule has 0 amide bonds. The van der Waals surface area contributed by atoms with Gasteiger partial charge in [0.05, 0.1) is 0 Å². The second-order valence-electron chi connectivity index (χ2n) is 2.58. The smallest absolute Gasteiger partial charge is 0.271 e. The third-order valence-corrected chi connectivity index (χ3v) is 1.88. The minimum atomic E-state index is -2.86. The molecule has 0 unspecified atom stereocenters. The normalized spacial score (nSPS) is 10.7. The molecule has 0 aliphatic carbocycles. The number of carbonyl (C=O) groups is 1. The van der Waals surface area contributed by atoms with E-state index in [2.05, 4.69) is 4.98 Å². The summed E-state index contributed by atoms with van der Waals surface area (Å²) in [4.78, 5) is 13.8. The van der Waals surface area contributed by atoms with Gasteiger partial charge in [-0.1, -0.05) is 0 Å². The predicted octanol–water partition coefficient (Wildman–Crippen LogP) is 2.85. The fourth-order valence-electron chi connectivity index (χ4n) is 1.01. The highest BCUT2D eigenvalue weighted by Gasteiger charge is 2.19. The third kappa shape index (κ3) is 2.04. The zero-order chi connectivity index (χ0) is 10.9. The predicted molar refractivity (Wildman–Crippen MR) is 44.1 cm³/mol. The molecule has 1 heterocycles.